The van der Waals surface area contributed by atoms with Crippen LogP contribution in [0.2, 0.25) is 4.28 Å². The Morgan fingerprint density at radius 2 is 2.33 bits per heavy atom. The van der Waals surface area contributed by atoms with Crippen LogP contribution in [-0.4, -0.2) is 16.3 Å². The van der Waals surface area contributed by atoms with Gasteiger partial charge in [-0.3, -0.25) is 0 Å². The topological polar surface area (TPSA) is 0 Å². The summed E-state index contributed by atoms with van der Waals surface area (Å²) in [4.78, 5) is 0. The Balaban J connectivity index is 2.70. The van der Waals surface area contributed by atoms with Crippen LogP contribution in [0.1, 0.15) is 20.3 Å². The van der Waals surface area contributed by atoms with Crippen LogP contribution >= 0.6 is 0 Å². The van der Waals surface area contributed by atoms with Gasteiger partial charge in [0.1, 0.15) is 0 Å². The third-order valence-corrected chi connectivity index (χ3v) is 2.49. The maximum absolute atomic E-state index is 2.34. The van der Waals surface area contributed by atoms with Gasteiger partial charge in [0, 0.05) is 0 Å². The van der Waals surface area contributed by atoms with E-state index in [9.17, 15) is 0 Å². The normalized spacial score (nSPS) is 34.2. The molecule has 1 atom stereocenters. The number of allylic oxidation sites excluding steroid dienone is 4. The smallest absolute Gasteiger partial charge is 0.0921 e. The minimum absolute atomic E-state index is 0.541. The van der Waals surface area contributed by atoms with Gasteiger partial charge >= 0.3 is 0 Å². The van der Waals surface area contributed by atoms with Crippen molar-refractivity contribution in [1.82, 2.24) is 0 Å². The molecular formula is C8H13Al. The van der Waals surface area contributed by atoms with E-state index in [-0.39, 0.29) is 0 Å². The van der Waals surface area contributed by atoms with E-state index in [2.05, 4.69) is 32.1 Å². The predicted octanol–water partition coefficient (Wildman–Crippen LogP) is 1.70. The van der Waals surface area contributed by atoms with Gasteiger partial charge < -0.3 is 0 Å². The zero-order valence-corrected chi connectivity index (χ0v) is 8.44. The molecule has 0 nitrogen and oxygen atoms in total. The fourth-order valence-electron chi connectivity index (χ4n) is 0.917. The van der Waals surface area contributed by atoms with Crippen LogP contribution in [0, 0.1) is 0 Å². The Bertz CT molecular complexity index is 163. The van der Waals surface area contributed by atoms with E-state index in [4.69, 9.17) is 0 Å². The van der Waals surface area contributed by atoms with Crippen molar-refractivity contribution in [3.05, 3.63) is 23.8 Å². The first-order valence-electron chi connectivity index (χ1n) is 3.46. The van der Waals surface area contributed by atoms with Gasteiger partial charge in [-0.15, -0.1) is 0 Å². The van der Waals surface area contributed by atoms with Crippen molar-refractivity contribution in [3.8, 4) is 0 Å². The van der Waals surface area contributed by atoms with E-state index in [0.717, 1.165) is 0 Å². The monoisotopic (exact) mass is 136 g/mol. The van der Waals surface area contributed by atoms with E-state index in [1.807, 2.05) is 0 Å². The lowest BCUT2D eigenvalue weighted by atomic mass is 9.98. The maximum Gasteiger partial charge on any atom is 0.227 e. The molecule has 0 heterocycles. The van der Waals surface area contributed by atoms with Crippen molar-refractivity contribution in [2.75, 3.05) is 0 Å². The van der Waals surface area contributed by atoms with Gasteiger partial charge in [-0.05, 0) is 13.3 Å². The molecule has 0 aromatic rings. The highest BCUT2D eigenvalue weighted by Crippen LogP contribution is 2.31. The highest BCUT2D eigenvalue weighted by molar-refractivity contribution is 6.16. The van der Waals surface area contributed by atoms with Crippen molar-refractivity contribution < 1.29 is 0 Å². The fourth-order valence-corrected chi connectivity index (χ4v) is 1.29. The molecule has 1 aliphatic carbocycles. The molecule has 0 bridgehead atoms. The summed E-state index contributed by atoms with van der Waals surface area (Å²) in [5.74, 6) is 0. The quantitative estimate of drug-likeness (QED) is 0.445. The molecule has 1 rings (SSSR count). The third-order valence-electron chi connectivity index (χ3n) is 1.75. The Labute approximate surface area is 65.1 Å². The minimum atomic E-state index is 0.541. The summed E-state index contributed by atoms with van der Waals surface area (Å²) in [5.41, 5.74) is 1.42. The molecule has 48 valence electrons. The Morgan fingerprint density at radius 1 is 1.67 bits per heavy atom. The molecule has 0 aliphatic heterocycles. The van der Waals surface area contributed by atoms with Gasteiger partial charge in [0.2, 0.25) is 16.3 Å². The summed E-state index contributed by atoms with van der Waals surface area (Å²) in [6.45, 7) is 4.48. The van der Waals surface area contributed by atoms with Crippen molar-refractivity contribution in [3.63, 3.8) is 0 Å². The first kappa shape index (κ1) is 7.12. The lowest BCUT2D eigenvalue weighted by Crippen LogP contribution is -2.05. The minimum Gasteiger partial charge on any atom is -0.0921 e. The molecule has 0 aromatic carbocycles. The molecule has 0 aromatic heterocycles. The second kappa shape index (κ2) is 2.33. The molecule has 0 radical (unpaired) electrons. The summed E-state index contributed by atoms with van der Waals surface area (Å²) in [6, 6.07) is 0. The van der Waals surface area contributed by atoms with E-state index in [0.29, 0.717) is 4.28 Å². The standard InChI is InChI=1S/C8H11.Al.2H/c1-7-3-5-8(2)6-4-7;;;/h3-5H,6H2,1-2H3;;;. The van der Waals surface area contributed by atoms with E-state index in [1.165, 1.54) is 28.3 Å². The van der Waals surface area contributed by atoms with Crippen LogP contribution in [0.5, 0.6) is 0 Å². The van der Waals surface area contributed by atoms with Crippen LogP contribution in [-0.2, 0) is 0 Å². The Morgan fingerprint density at radius 3 is 2.67 bits per heavy atom. The van der Waals surface area contributed by atoms with Gasteiger partial charge in [-0.1, -0.05) is 35.0 Å². The average Bonchev–Trinajstić information content (AvgIpc) is 1.78. The van der Waals surface area contributed by atoms with Crippen LogP contribution < -0.4 is 0 Å². The first-order valence-corrected chi connectivity index (χ1v) is 4.46. The summed E-state index contributed by atoms with van der Waals surface area (Å²) < 4.78 is 0.541. The van der Waals surface area contributed by atoms with Gasteiger partial charge in [0.25, 0.3) is 0 Å². The molecule has 0 fully saturated rings. The van der Waals surface area contributed by atoms with E-state index in [1.54, 1.807) is 0 Å². The highest BCUT2D eigenvalue weighted by atomic mass is 27.0. The highest BCUT2D eigenvalue weighted by Gasteiger charge is 2.14. The van der Waals surface area contributed by atoms with Gasteiger partial charge in [-0.25, -0.2) is 0 Å². The van der Waals surface area contributed by atoms with Gasteiger partial charge in [-0.2, -0.15) is 0 Å². The van der Waals surface area contributed by atoms with Crippen molar-refractivity contribution in [2.24, 2.45) is 0 Å². The number of hydrogen-bond donors (Lipinski definition) is 0. The predicted molar refractivity (Wildman–Crippen MR) is 44.4 cm³/mol. The summed E-state index contributed by atoms with van der Waals surface area (Å²) in [6.07, 6.45) is 8.15. The van der Waals surface area contributed by atoms with Crippen molar-refractivity contribution in [1.29, 1.82) is 0 Å². The summed E-state index contributed by atoms with van der Waals surface area (Å²) >= 11 is 1.27. The van der Waals surface area contributed by atoms with Gasteiger partial charge in [0.15, 0.2) is 0 Å². The Kier molecular flexibility index (Phi) is 1.84. The average molecular weight is 136 g/mol. The molecule has 0 saturated heterocycles. The van der Waals surface area contributed by atoms with Crippen LogP contribution in [0.4, 0.5) is 0 Å². The van der Waals surface area contributed by atoms with Crippen molar-refractivity contribution in [2.45, 2.75) is 24.5 Å². The van der Waals surface area contributed by atoms with Crippen molar-refractivity contribution >= 4 is 16.3 Å². The lowest BCUT2D eigenvalue weighted by molar-refractivity contribution is 0.758. The second-order valence-corrected chi connectivity index (χ2v) is 5.76. The molecular weight excluding hydrogens is 123 g/mol. The largest absolute Gasteiger partial charge is 0.227 e. The summed E-state index contributed by atoms with van der Waals surface area (Å²) in [7, 11) is 0. The number of hydrogen-bond acceptors (Lipinski definition) is 0. The SMILES string of the molecule is CC1=CC[C](C)([AlH2])C=C1. The number of rotatable bonds is 0. The van der Waals surface area contributed by atoms with E-state index >= 15 is 0 Å². The van der Waals surface area contributed by atoms with Gasteiger partial charge in [0.05, 0.1) is 0 Å². The zero-order valence-electron chi connectivity index (χ0n) is 6.44. The third kappa shape index (κ3) is 2.01. The molecule has 0 amide bonds. The molecule has 1 heteroatoms. The lowest BCUT2D eigenvalue weighted by Gasteiger charge is -2.21. The van der Waals surface area contributed by atoms with E-state index < -0.39 is 0 Å². The summed E-state index contributed by atoms with van der Waals surface area (Å²) in [5, 5.41) is 0. The molecule has 0 N–H and O–H groups in total. The fraction of sp³-hybridized carbons (Fsp3) is 0.500. The molecule has 1 aliphatic rings. The molecule has 0 saturated carbocycles. The van der Waals surface area contributed by atoms with Crippen LogP contribution in [0.15, 0.2) is 23.8 Å². The molecule has 9 heavy (non-hydrogen) atoms. The maximum atomic E-state index is 2.34. The van der Waals surface area contributed by atoms with Crippen LogP contribution in [0.25, 0.3) is 0 Å². The first-order chi connectivity index (χ1) is 4.10. The van der Waals surface area contributed by atoms with Crippen LogP contribution in [0.3, 0.4) is 0 Å². The zero-order chi connectivity index (χ0) is 6.91. The molecule has 1 unspecified atom stereocenters. The Hall–Kier alpha value is 0.0125. The molecule has 0 spiro atoms. The second-order valence-electron chi connectivity index (χ2n) is 3.47.